The van der Waals surface area contributed by atoms with Crippen molar-refractivity contribution in [3.8, 4) is 0 Å². The summed E-state index contributed by atoms with van der Waals surface area (Å²) in [7, 11) is 5.61. The molecule has 0 aromatic heterocycles. The van der Waals surface area contributed by atoms with E-state index >= 15 is 0 Å². The van der Waals surface area contributed by atoms with Crippen LogP contribution in [0.3, 0.4) is 0 Å². The molecular weight excluding hydrogens is 354 g/mol. The molecule has 0 aliphatic carbocycles. The summed E-state index contributed by atoms with van der Waals surface area (Å²) >= 11 is 0. The molecule has 1 aliphatic heterocycles. The summed E-state index contributed by atoms with van der Waals surface area (Å²) in [6, 6.07) is 16.8. The lowest BCUT2D eigenvalue weighted by atomic mass is 10.2. The predicted octanol–water partition coefficient (Wildman–Crippen LogP) is 2.65. The van der Waals surface area contributed by atoms with Crippen LogP contribution >= 0.6 is 0 Å². The molecule has 145 valence electrons. The molecule has 3 rings (SSSR count). The smallest absolute Gasteiger partial charge is 0.269 e. The van der Waals surface area contributed by atoms with Crippen molar-refractivity contribution in [2.24, 2.45) is 15.2 Å². The highest BCUT2D eigenvalue weighted by molar-refractivity contribution is 5.99. The third-order valence-corrected chi connectivity index (χ3v) is 4.28. The summed E-state index contributed by atoms with van der Waals surface area (Å²) in [5.41, 5.74) is 5.18. The van der Waals surface area contributed by atoms with E-state index in [2.05, 4.69) is 32.0 Å². The van der Waals surface area contributed by atoms with Gasteiger partial charge in [-0.2, -0.15) is 10.2 Å². The van der Waals surface area contributed by atoms with Crippen LogP contribution in [0.25, 0.3) is 0 Å². The number of hydrazine groups is 1. The van der Waals surface area contributed by atoms with Crippen LogP contribution < -0.4 is 15.8 Å². The second kappa shape index (κ2) is 8.62. The summed E-state index contributed by atoms with van der Waals surface area (Å²) in [5.74, 6) is 0.550. The van der Waals surface area contributed by atoms with Gasteiger partial charge in [-0.1, -0.05) is 24.3 Å². The zero-order chi connectivity index (χ0) is 20.1. The normalized spacial score (nSPS) is 20.1. The summed E-state index contributed by atoms with van der Waals surface area (Å²) in [4.78, 5) is 19.2. The highest BCUT2D eigenvalue weighted by atomic mass is 16.2. The molecule has 8 nitrogen and oxygen atoms in total. The van der Waals surface area contributed by atoms with Crippen molar-refractivity contribution in [1.29, 1.82) is 0 Å². The van der Waals surface area contributed by atoms with Gasteiger partial charge < -0.3 is 10.2 Å². The molecule has 2 aromatic rings. The Hall–Kier alpha value is -3.26. The number of carbonyl (C=O) groups excluding carboxylic acids is 1. The van der Waals surface area contributed by atoms with Crippen LogP contribution in [-0.2, 0) is 4.79 Å². The molecule has 0 saturated carbocycles. The molecule has 2 N–H and O–H groups in total. The first-order valence-corrected chi connectivity index (χ1v) is 9.01. The van der Waals surface area contributed by atoms with Gasteiger partial charge in [0.1, 0.15) is 5.69 Å². The van der Waals surface area contributed by atoms with E-state index in [0.717, 1.165) is 5.69 Å². The third-order valence-electron chi connectivity index (χ3n) is 4.28. The number of guanidine groups is 1. The van der Waals surface area contributed by atoms with Crippen molar-refractivity contribution >= 4 is 28.9 Å². The second-order valence-electron chi connectivity index (χ2n) is 6.58. The van der Waals surface area contributed by atoms with Crippen molar-refractivity contribution in [3.63, 3.8) is 0 Å². The minimum Gasteiger partial charge on any atom is -0.359 e. The zero-order valence-electron chi connectivity index (χ0n) is 16.4. The van der Waals surface area contributed by atoms with Crippen LogP contribution in [0.5, 0.6) is 0 Å². The SMILES string of the molecule is CNC(=Nc1ccccc1N=NC1C(=O)N(c2cc[c]cc2)NC1C)N(C)C. The van der Waals surface area contributed by atoms with Gasteiger partial charge in [0, 0.05) is 21.1 Å². The van der Waals surface area contributed by atoms with Crippen molar-refractivity contribution in [1.82, 2.24) is 15.6 Å². The standard InChI is InChI=1S/C20H24N7O/c1-14-18(19(28)27(25-14)15-10-6-5-7-11-15)24-23-17-13-9-8-12-16(17)22-20(21-2)26(3)4/h6-14,18,25H,1-4H3,(H,21,22). The lowest BCUT2D eigenvalue weighted by molar-refractivity contribution is -0.118. The molecule has 0 spiro atoms. The van der Waals surface area contributed by atoms with Gasteiger partial charge in [0.05, 0.1) is 17.4 Å². The number of rotatable bonds is 4. The first-order chi connectivity index (χ1) is 13.5. The first kappa shape index (κ1) is 19.5. The average molecular weight is 378 g/mol. The third kappa shape index (κ3) is 4.17. The number of nitrogens with one attached hydrogen (secondary N) is 2. The topological polar surface area (TPSA) is 84.7 Å². The van der Waals surface area contributed by atoms with E-state index in [9.17, 15) is 4.79 Å². The molecule has 1 aliphatic rings. The minimum absolute atomic E-state index is 0.146. The second-order valence-corrected chi connectivity index (χ2v) is 6.58. The number of amides is 1. The molecule has 1 heterocycles. The Balaban J connectivity index is 1.84. The monoisotopic (exact) mass is 378 g/mol. The number of azo groups is 1. The van der Waals surface area contributed by atoms with Gasteiger partial charge in [-0.25, -0.2) is 15.4 Å². The Labute approximate surface area is 164 Å². The Kier molecular flexibility index (Phi) is 6.00. The number of hydrogen-bond acceptors (Lipinski definition) is 5. The van der Waals surface area contributed by atoms with Gasteiger partial charge >= 0.3 is 0 Å². The number of anilines is 1. The molecule has 1 fully saturated rings. The van der Waals surface area contributed by atoms with E-state index in [0.29, 0.717) is 17.3 Å². The van der Waals surface area contributed by atoms with E-state index in [1.54, 1.807) is 12.1 Å². The van der Waals surface area contributed by atoms with Crippen molar-refractivity contribution in [2.75, 3.05) is 26.2 Å². The quantitative estimate of drug-likeness (QED) is 0.487. The van der Waals surface area contributed by atoms with Gasteiger partial charge in [0.15, 0.2) is 12.0 Å². The van der Waals surface area contributed by atoms with E-state index < -0.39 is 6.04 Å². The summed E-state index contributed by atoms with van der Waals surface area (Å²) in [6.07, 6.45) is 0. The molecule has 0 bridgehead atoms. The largest absolute Gasteiger partial charge is 0.359 e. The molecule has 1 radical (unpaired) electrons. The molecule has 8 heteroatoms. The van der Waals surface area contributed by atoms with Gasteiger partial charge in [-0.3, -0.25) is 4.79 Å². The maximum Gasteiger partial charge on any atom is 0.269 e. The summed E-state index contributed by atoms with van der Waals surface area (Å²) in [5, 5.41) is 13.2. The number of benzene rings is 2. The number of para-hydroxylation sites is 1. The van der Waals surface area contributed by atoms with Gasteiger partial charge in [0.2, 0.25) is 0 Å². The van der Waals surface area contributed by atoms with Crippen LogP contribution in [0.15, 0.2) is 63.8 Å². The summed E-state index contributed by atoms with van der Waals surface area (Å²) < 4.78 is 0. The molecule has 1 amide bonds. The number of carbonyl (C=O) groups is 1. The van der Waals surface area contributed by atoms with Crippen LogP contribution in [0.1, 0.15) is 6.92 Å². The van der Waals surface area contributed by atoms with Crippen LogP contribution in [0.4, 0.5) is 17.1 Å². The fourth-order valence-electron chi connectivity index (χ4n) is 2.82. The van der Waals surface area contributed by atoms with Crippen molar-refractivity contribution in [3.05, 3.63) is 54.6 Å². The fraction of sp³-hybridized carbons (Fsp3) is 0.300. The highest BCUT2D eigenvalue weighted by Gasteiger charge is 2.38. The minimum atomic E-state index is -0.612. The maximum atomic E-state index is 12.8. The van der Waals surface area contributed by atoms with Gasteiger partial charge in [-0.15, -0.1) is 0 Å². The summed E-state index contributed by atoms with van der Waals surface area (Å²) in [6.45, 7) is 1.91. The van der Waals surface area contributed by atoms with Gasteiger partial charge in [-0.05, 0) is 37.3 Å². The molecular formula is C20H24N7O. The molecule has 2 atom stereocenters. The van der Waals surface area contributed by atoms with E-state index in [-0.39, 0.29) is 11.9 Å². The maximum absolute atomic E-state index is 12.8. The van der Waals surface area contributed by atoms with Gasteiger partial charge in [0.25, 0.3) is 5.91 Å². The Morgan fingerprint density at radius 2 is 1.86 bits per heavy atom. The lowest BCUT2D eigenvalue weighted by Crippen LogP contribution is -2.36. The predicted molar refractivity (Wildman–Crippen MR) is 110 cm³/mol. The fourth-order valence-corrected chi connectivity index (χ4v) is 2.82. The van der Waals surface area contributed by atoms with Crippen molar-refractivity contribution < 1.29 is 4.79 Å². The Morgan fingerprint density at radius 3 is 2.50 bits per heavy atom. The number of nitrogens with zero attached hydrogens (tertiary/aromatic N) is 5. The zero-order valence-corrected chi connectivity index (χ0v) is 16.4. The lowest BCUT2D eigenvalue weighted by Gasteiger charge is -2.15. The van der Waals surface area contributed by atoms with Crippen molar-refractivity contribution in [2.45, 2.75) is 19.0 Å². The highest BCUT2D eigenvalue weighted by Crippen LogP contribution is 2.29. The molecule has 1 saturated heterocycles. The molecule has 28 heavy (non-hydrogen) atoms. The van der Waals surface area contributed by atoms with Crippen LogP contribution in [0.2, 0.25) is 0 Å². The van der Waals surface area contributed by atoms with Crippen LogP contribution in [-0.4, -0.2) is 50.0 Å². The molecule has 2 aromatic carbocycles. The van der Waals surface area contributed by atoms with E-state index in [1.165, 1.54) is 5.01 Å². The Morgan fingerprint density at radius 1 is 1.18 bits per heavy atom. The van der Waals surface area contributed by atoms with E-state index in [1.807, 2.05) is 69.4 Å². The number of aliphatic imine (C=N–C) groups is 1. The number of hydrogen-bond donors (Lipinski definition) is 2. The molecule has 2 unspecified atom stereocenters. The average Bonchev–Trinajstić information content (AvgIpc) is 2.99. The van der Waals surface area contributed by atoms with Crippen LogP contribution in [0, 0.1) is 6.07 Å². The van der Waals surface area contributed by atoms with E-state index in [4.69, 9.17) is 0 Å². The first-order valence-electron chi connectivity index (χ1n) is 9.01. The Bertz CT molecular complexity index is 879.